The number of benzene rings is 6. The maximum absolute atomic E-state index is 12.7. The Kier molecular flexibility index (Phi) is 10.4. The molecule has 3 unspecified atom stereocenters. The molecular weight excluding hydrogens is 677 g/mol. The van der Waals surface area contributed by atoms with Gasteiger partial charge in [-0.25, -0.2) is 9.78 Å². The number of aromatic nitrogens is 2. The van der Waals surface area contributed by atoms with Gasteiger partial charge in [-0.05, 0) is 82.4 Å². The van der Waals surface area contributed by atoms with Crippen molar-refractivity contribution in [3.05, 3.63) is 180 Å². The molecule has 9 heteroatoms. The molecule has 1 aliphatic rings. The summed E-state index contributed by atoms with van der Waals surface area (Å²) in [5, 5.41) is 15.4. The molecule has 0 spiro atoms. The van der Waals surface area contributed by atoms with Gasteiger partial charge in [-0.3, -0.25) is 0 Å². The van der Waals surface area contributed by atoms with E-state index >= 15 is 0 Å². The standard InChI is InChI=1S/C45H40N4O5/c50-29-31-13-15-34(16-14-31)43-26-40(28-49-30-47-41-11-4-5-12-42(41)49)53-44(54-43)35-19-17-33(18-20-35)36-8-6-7-32(25-36)27-46-45(51)48-37-21-23-39(24-22-37)52-38-9-2-1-3-10-38/h1-25,30,40,43-44,50H,26-29H2,(H2,46,48,51). The van der Waals surface area contributed by atoms with E-state index in [0.29, 0.717) is 30.9 Å². The molecule has 7 aromatic rings. The molecule has 3 N–H and O–H groups in total. The zero-order chi connectivity index (χ0) is 36.7. The van der Waals surface area contributed by atoms with Crippen LogP contribution in [0.25, 0.3) is 22.2 Å². The molecule has 1 aliphatic heterocycles. The van der Waals surface area contributed by atoms with Crippen LogP contribution in [0.2, 0.25) is 0 Å². The summed E-state index contributed by atoms with van der Waals surface area (Å²) in [6.45, 7) is 1.00. The molecule has 1 aromatic heterocycles. The number of para-hydroxylation sites is 3. The first-order valence-electron chi connectivity index (χ1n) is 18.0. The van der Waals surface area contributed by atoms with Gasteiger partial charge in [0, 0.05) is 24.2 Å². The number of carbonyl (C=O) groups excluding carboxylic acids is 1. The Hall–Kier alpha value is -6.26. The molecule has 8 rings (SSSR count). The van der Waals surface area contributed by atoms with Gasteiger partial charge in [0.05, 0.1) is 42.7 Å². The Balaban J connectivity index is 0.915. The van der Waals surface area contributed by atoms with Crippen molar-refractivity contribution in [2.75, 3.05) is 5.32 Å². The first kappa shape index (κ1) is 34.8. The molecule has 1 fully saturated rings. The van der Waals surface area contributed by atoms with E-state index in [2.05, 4.69) is 62.6 Å². The molecule has 0 saturated carbocycles. The van der Waals surface area contributed by atoms with E-state index in [1.807, 2.05) is 116 Å². The average molecular weight is 717 g/mol. The van der Waals surface area contributed by atoms with Crippen molar-refractivity contribution in [1.29, 1.82) is 0 Å². The third kappa shape index (κ3) is 8.35. The van der Waals surface area contributed by atoms with Crippen molar-refractivity contribution in [1.82, 2.24) is 14.9 Å². The number of hydrogen-bond acceptors (Lipinski definition) is 6. The number of hydrogen-bond donors (Lipinski definition) is 3. The van der Waals surface area contributed by atoms with Gasteiger partial charge in [0.15, 0.2) is 6.29 Å². The van der Waals surface area contributed by atoms with Crippen molar-refractivity contribution in [3.63, 3.8) is 0 Å². The highest BCUT2D eigenvalue weighted by molar-refractivity contribution is 5.89. The van der Waals surface area contributed by atoms with Crippen LogP contribution in [-0.4, -0.2) is 26.8 Å². The minimum Gasteiger partial charge on any atom is -0.457 e. The summed E-state index contributed by atoms with van der Waals surface area (Å²) in [4.78, 5) is 17.3. The van der Waals surface area contributed by atoms with E-state index in [0.717, 1.165) is 50.2 Å². The van der Waals surface area contributed by atoms with Crippen molar-refractivity contribution >= 4 is 22.8 Å². The number of imidazole rings is 1. The monoisotopic (exact) mass is 716 g/mol. The average Bonchev–Trinajstić information content (AvgIpc) is 3.63. The Morgan fingerprint density at radius 3 is 2.28 bits per heavy atom. The highest BCUT2D eigenvalue weighted by Crippen LogP contribution is 2.39. The maximum Gasteiger partial charge on any atom is 0.319 e. The second kappa shape index (κ2) is 16.2. The molecule has 0 bridgehead atoms. The molecule has 2 amide bonds. The van der Waals surface area contributed by atoms with Crippen LogP contribution in [0, 0.1) is 0 Å². The minimum absolute atomic E-state index is 0.00340. The number of aliphatic hydroxyl groups excluding tert-OH is 1. The van der Waals surface area contributed by atoms with Crippen LogP contribution in [0.4, 0.5) is 10.5 Å². The largest absolute Gasteiger partial charge is 0.457 e. The maximum atomic E-state index is 12.7. The molecule has 1 saturated heterocycles. The second-order valence-electron chi connectivity index (χ2n) is 13.3. The number of ether oxygens (including phenoxy) is 3. The number of rotatable bonds is 11. The zero-order valence-corrected chi connectivity index (χ0v) is 29.5. The van der Waals surface area contributed by atoms with Crippen LogP contribution in [-0.2, 0) is 29.2 Å². The summed E-state index contributed by atoms with van der Waals surface area (Å²) in [7, 11) is 0. The number of nitrogens with zero attached hydrogens (tertiary/aromatic N) is 2. The Morgan fingerprint density at radius 2 is 1.48 bits per heavy atom. The van der Waals surface area contributed by atoms with E-state index in [9.17, 15) is 9.90 Å². The van der Waals surface area contributed by atoms with Gasteiger partial charge in [0.2, 0.25) is 0 Å². The van der Waals surface area contributed by atoms with Gasteiger partial charge in [0.1, 0.15) is 11.5 Å². The summed E-state index contributed by atoms with van der Waals surface area (Å²) in [5.74, 6) is 1.44. The summed E-state index contributed by atoms with van der Waals surface area (Å²) < 4.78 is 21.2. The Morgan fingerprint density at radius 1 is 0.741 bits per heavy atom. The van der Waals surface area contributed by atoms with Gasteiger partial charge in [-0.2, -0.15) is 0 Å². The second-order valence-corrected chi connectivity index (χ2v) is 13.3. The van der Waals surface area contributed by atoms with E-state index in [-0.39, 0.29) is 24.8 Å². The SMILES string of the molecule is O=C(NCc1cccc(-c2ccc(C3OC(Cn4cnc5ccccc54)CC(c4ccc(CO)cc4)O3)cc2)c1)Nc1ccc(Oc2ccccc2)cc1. The fourth-order valence-electron chi connectivity index (χ4n) is 6.69. The highest BCUT2D eigenvalue weighted by atomic mass is 16.7. The first-order valence-corrected chi connectivity index (χ1v) is 18.0. The number of aliphatic hydroxyl groups is 1. The molecule has 0 radical (unpaired) electrons. The smallest absolute Gasteiger partial charge is 0.319 e. The normalized spacial score (nSPS) is 16.9. The minimum atomic E-state index is -0.572. The molecule has 9 nitrogen and oxygen atoms in total. The van der Waals surface area contributed by atoms with Crippen LogP contribution in [0.5, 0.6) is 11.5 Å². The topological polar surface area (TPSA) is 107 Å². The number of carbonyl (C=O) groups is 1. The third-order valence-corrected chi connectivity index (χ3v) is 9.53. The van der Waals surface area contributed by atoms with E-state index in [1.54, 1.807) is 0 Å². The number of urea groups is 1. The van der Waals surface area contributed by atoms with Crippen molar-refractivity contribution in [3.8, 4) is 22.6 Å². The number of anilines is 1. The van der Waals surface area contributed by atoms with Crippen molar-refractivity contribution in [2.24, 2.45) is 0 Å². The lowest BCUT2D eigenvalue weighted by molar-refractivity contribution is -0.252. The van der Waals surface area contributed by atoms with Crippen LogP contribution in [0.3, 0.4) is 0 Å². The summed E-state index contributed by atoms with van der Waals surface area (Å²) in [5.41, 5.74) is 8.56. The highest BCUT2D eigenvalue weighted by Gasteiger charge is 2.32. The first-order chi connectivity index (χ1) is 26.6. The van der Waals surface area contributed by atoms with E-state index in [1.165, 1.54) is 0 Å². The van der Waals surface area contributed by atoms with Crippen LogP contribution < -0.4 is 15.4 Å². The molecule has 6 aromatic carbocycles. The molecule has 0 aliphatic carbocycles. The van der Waals surface area contributed by atoms with Gasteiger partial charge in [0.25, 0.3) is 0 Å². The quantitative estimate of drug-likeness (QED) is 0.123. The molecule has 270 valence electrons. The Labute approximate surface area is 313 Å². The number of nitrogens with one attached hydrogen (secondary N) is 2. The van der Waals surface area contributed by atoms with Crippen molar-refractivity contribution in [2.45, 2.75) is 44.6 Å². The van der Waals surface area contributed by atoms with Gasteiger partial charge in [-0.1, -0.05) is 97.1 Å². The molecule has 54 heavy (non-hydrogen) atoms. The molecule has 2 heterocycles. The zero-order valence-electron chi connectivity index (χ0n) is 29.5. The number of fused-ring (bicyclic) bond motifs is 1. The summed E-state index contributed by atoms with van der Waals surface area (Å²) >= 11 is 0. The van der Waals surface area contributed by atoms with E-state index < -0.39 is 6.29 Å². The molecular formula is C45H40N4O5. The lowest BCUT2D eigenvalue weighted by Crippen LogP contribution is -2.32. The van der Waals surface area contributed by atoms with E-state index in [4.69, 9.17) is 14.2 Å². The van der Waals surface area contributed by atoms with Gasteiger partial charge >= 0.3 is 6.03 Å². The van der Waals surface area contributed by atoms with Crippen LogP contribution >= 0.6 is 0 Å². The van der Waals surface area contributed by atoms with Crippen LogP contribution in [0.15, 0.2) is 158 Å². The fraction of sp³-hybridized carbons (Fsp3) is 0.156. The predicted molar refractivity (Wildman–Crippen MR) is 209 cm³/mol. The molecule has 3 atom stereocenters. The summed E-state index contributed by atoms with van der Waals surface area (Å²) in [6.07, 6.45) is 1.66. The lowest BCUT2D eigenvalue weighted by Gasteiger charge is -2.36. The van der Waals surface area contributed by atoms with Gasteiger partial charge < -0.3 is 34.5 Å². The van der Waals surface area contributed by atoms with Gasteiger partial charge in [-0.15, -0.1) is 0 Å². The third-order valence-electron chi connectivity index (χ3n) is 9.53. The number of amides is 2. The lowest BCUT2D eigenvalue weighted by atomic mass is 9.99. The van der Waals surface area contributed by atoms with Crippen molar-refractivity contribution < 1.29 is 24.1 Å². The Bertz CT molecular complexity index is 2310. The summed E-state index contributed by atoms with van der Waals surface area (Å²) in [6, 6.07) is 48.9. The predicted octanol–water partition coefficient (Wildman–Crippen LogP) is 9.56. The fourth-order valence-corrected chi connectivity index (χ4v) is 6.69. The van der Waals surface area contributed by atoms with Crippen LogP contribution in [0.1, 0.15) is 41.1 Å².